The smallest absolute Gasteiger partial charge is 0.272 e. The zero-order valence-electron chi connectivity index (χ0n) is 10.3. The number of hydrogen-bond acceptors (Lipinski definition) is 3. The van der Waals surface area contributed by atoms with Gasteiger partial charge in [0.1, 0.15) is 12.4 Å². The maximum absolute atomic E-state index is 12.0. The minimum atomic E-state index is -2.50. The summed E-state index contributed by atoms with van der Waals surface area (Å²) in [7, 11) is 0. The Morgan fingerprint density at radius 2 is 2.16 bits per heavy atom. The Balaban J connectivity index is 0.00000324. The Bertz CT molecular complexity index is 392. The van der Waals surface area contributed by atoms with E-state index in [0.717, 1.165) is 5.56 Å². The Kier molecular flexibility index (Phi) is 8.82. The number of carbonyl (C=O) groups is 1. The molecule has 1 aromatic carbocycles. The van der Waals surface area contributed by atoms with Crippen LogP contribution in [-0.2, 0) is 11.3 Å². The molecule has 0 unspecified atom stereocenters. The van der Waals surface area contributed by atoms with Crippen molar-refractivity contribution < 1.29 is 18.3 Å². The summed E-state index contributed by atoms with van der Waals surface area (Å²) in [5, 5.41) is 2.67. The van der Waals surface area contributed by atoms with Gasteiger partial charge in [0.25, 0.3) is 6.43 Å². The number of carbonyl (C=O) groups excluding carboxylic acids is 1. The topological polar surface area (TPSA) is 64.4 Å². The number of hydrogen-bond donors (Lipinski definition) is 2. The molecule has 0 radical (unpaired) electrons. The molecule has 0 saturated heterocycles. The molecule has 7 heteroatoms. The van der Waals surface area contributed by atoms with Crippen molar-refractivity contribution >= 4 is 18.3 Å². The zero-order valence-corrected chi connectivity index (χ0v) is 11.1. The largest absolute Gasteiger partial charge is 0.488 e. The molecule has 0 saturated carbocycles. The quantitative estimate of drug-likeness (QED) is 0.805. The van der Waals surface area contributed by atoms with Crippen LogP contribution in [0.25, 0.3) is 0 Å². The van der Waals surface area contributed by atoms with Crippen molar-refractivity contribution in [3.05, 3.63) is 29.8 Å². The van der Waals surface area contributed by atoms with Gasteiger partial charge in [0.2, 0.25) is 5.91 Å². The van der Waals surface area contributed by atoms with Crippen LogP contribution in [0.2, 0.25) is 0 Å². The molecule has 0 aliphatic carbocycles. The van der Waals surface area contributed by atoms with Gasteiger partial charge < -0.3 is 15.8 Å². The fraction of sp³-hybridized carbons (Fsp3) is 0.417. The number of halogens is 3. The lowest BCUT2D eigenvalue weighted by Gasteiger charge is -2.08. The number of nitrogens with one attached hydrogen (secondary N) is 1. The Morgan fingerprint density at radius 1 is 1.42 bits per heavy atom. The lowest BCUT2D eigenvalue weighted by atomic mass is 10.2. The van der Waals surface area contributed by atoms with Gasteiger partial charge in [0, 0.05) is 19.5 Å². The van der Waals surface area contributed by atoms with Crippen molar-refractivity contribution in [2.45, 2.75) is 19.4 Å². The third-order valence-electron chi connectivity index (χ3n) is 2.14. The molecule has 1 amide bonds. The molecule has 0 aliphatic rings. The number of ether oxygens (including phenoxy) is 1. The molecule has 1 aromatic rings. The lowest BCUT2D eigenvalue weighted by molar-refractivity contribution is -0.121. The van der Waals surface area contributed by atoms with Crippen molar-refractivity contribution in [2.75, 3.05) is 13.2 Å². The SMILES string of the molecule is Cl.NCCC(=O)NCc1cccc(OCC(F)F)c1. The van der Waals surface area contributed by atoms with Gasteiger partial charge in [0.15, 0.2) is 0 Å². The van der Waals surface area contributed by atoms with E-state index in [1.54, 1.807) is 24.3 Å². The fourth-order valence-corrected chi connectivity index (χ4v) is 1.32. The summed E-state index contributed by atoms with van der Waals surface area (Å²) in [6.07, 6.45) is -2.24. The normalized spacial score (nSPS) is 9.89. The van der Waals surface area contributed by atoms with E-state index < -0.39 is 13.0 Å². The number of amides is 1. The van der Waals surface area contributed by atoms with E-state index in [9.17, 15) is 13.6 Å². The number of benzene rings is 1. The first-order chi connectivity index (χ1) is 8.61. The highest BCUT2D eigenvalue weighted by Crippen LogP contribution is 2.14. The summed E-state index contributed by atoms with van der Waals surface area (Å²) in [4.78, 5) is 11.2. The maximum atomic E-state index is 12.0. The minimum Gasteiger partial charge on any atom is -0.488 e. The first-order valence-corrected chi connectivity index (χ1v) is 5.58. The van der Waals surface area contributed by atoms with Gasteiger partial charge >= 0.3 is 0 Å². The highest BCUT2D eigenvalue weighted by Gasteiger charge is 2.04. The van der Waals surface area contributed by atoms with E-state index in [2.05, 4.69) is 5.32 Å². The lowest BCUT2D eigenvalue weighted by Crippen LogP contribution is -2.24. The van der Waals surface area contributed by atoms with Crippen molar-refractivity contribution in [2.24, 2.45) is 5.73 Å². The van der Waals surface area contributed by atoms with Crippen molar-refractivity contribution in [3.63, 3.8) is 0 Å². The van der Waals surface area contributed by atoms with Gasteiger partial charge in [-0.3, -0.25) is 4.79 Å². The first-order valence-electron chi connectivity index (χ1n) is 5.58. The summed E-state index contributed by atoms with van der Waals surface area (Å²) in [5.74, 6) is 0.220. The molecule has 0 bridgehead atoms. The van der Waals surface area contributed by atoms with Crippen molar-refractivity contribution in [3.8, 4) is 5.75 Å². The third kappa shape index (κ3) is 7.58. The third-order valence-corrected chi connectivity index (χ3v) is 2.14. The molecular formula is C12H17ClF2N2O2. The first kappa shape index (κ1) is 17.6. The van der Waals surface area contributed by atoms with Crippen LogP contribution in [0.4, 0.5) is 8.78 Å². The Hall–Kier alpha value is -1.40. The highest BCUT2D eigenvalue weighted by atomic mass is 35.5. The van der Waals surface area contributed by atoms with E-state index in [1.165, 1.54) is 0 Å². The van der Waals surface area contributed by atoms with Crippen LogP contribution >= 0.6 is 12.4 Å². The summed E-state index contributed by atoms with van der Waals surface area (Å²) in [6, 6.07) is 6.67. The molecule has 0 aromatic heterocycles. The van der Waals surface area contributed by atoms with Gasteiger partial charge in [-0.1, -0.05) is 12.1 Å². The number of nitrogens with two attached hydrogens (primary N) is 1. The van der Waals surface area contributed by atoms with E-state index in [4.69, 9.17) is 10.5 Å². The van der Waals surface area contributed by atoms with Gasteiger partial charge in [-0.15, -0.1) is 12.4 Å². The van der Waals surface area contributed by atoms with E-state index in [-0.39, 0.29) is 24.7 Å². The second-order valence-corrected chi connectivity index (χ2v) is 3.66. The molecular weight excluding hydrogens is 278 g/mol. The van der Waals surface area contributed by atoms with E-state index >= 15 is 0 Å². The average Bonchev–Trinajstić information content (AvgIpc) is 2.35. The van der Waals surface area contributed by atoms with Crippen molar-refractivity contribution in [1.29, 1.82) is 0 Å². The second-order valence-electron chi connectivity index (χ2n) is 3.66. The molecule has 1 rings (SSSR count). The van der Waals surface area contributed by atoms with E-state index in [0.29, 0.717) is 18.8 Å². The number of rotatable bonds is 7. The van der Waals surface area contributed by atoms with Gasteiger partial charge in [-0.2, -0.15) is 0 Å². The minimum absolute atomic E-state index is 0. The van der Waals surface area contributed by atoms with Crippen LogP contribution in [0.3, 0.4) is 0 Å². The van der Waals surface area contributed by atoms with Crippen LogP contribution in [0.1, 0.15) is 12.0 Å². The molecule has 0 atom stereocenters. The number of alkyl halides is 2. The fourth-order valence-electron chi connectivity index (χ4n) is 1.32. The Morgan fingerprint density at radius 3 is 2.79 bits per heavy atom. The van der Waals surface area contributed by atoms with Gasteiger partial charge in [-0.05, 0) is 17.7 Å². The summed E-state index contributed by atoms with van der Waals surface area (Å²) in [6.45, 7) is -0.0168. The molecule has 0 fully saturated rings. The molecule has 19 heavy (non-hydrogen) atoms. The monoisotopic (exact) mass is 294 g/mol. The van der Waals surface area contributed by atoms with E-state index in [1.807, 2.05) is 0 Å². The van der Waals surface area contributed by atoms with Crippen molar-refractivity contribution in [1.82, 2.24) is 5.32 Å². The summed E-state index contributed by atoms with van der Waals surface area (Å²) in [5.41, 5.74) is 6.02. The molecule has 108 valence electrons. The predicted molar refractivity (Wildman–Crippen MR) is 70.7 cm³/mol. The second kappa shape index (κ2) is 9.52. The Labute approximate surface area is 116 Å². The summed E-state index contributed by atoms with van der Waals surface area (Å²) >= 11 is 0. The maximum Gasteiger partial charge on any atom is 0.272 e. The van der Waals surface area contributed by atoms with Crippen LogP contribution in [-0.4, -0.2) is 25.5 Å². The molecule has 0 aliphatic heterocycles. The highest BCUT2D eigenvalue weighted by molar-refractivity contribution is 5.85. The molecule has 0 heterocycles. The molecule has 0 spiro atoms. The van der Waals surface area contributed by atoms with Crippen LogP contribution in [0, 0.1) is 0 Å². The zero-order chi connectivity index (χ0) is 13.4. The van der Waals surface area contributed by atoms with Gasteiger partial charge in [-0.25, -0.2) is 8.78 Å². The standard InChI is InChI=1S/C12H16F2N2O2.ClH/c13-11(14)8-18-10-3-1-2-9(6-10)7-16-12(17)4-5-15;/h1-3,6,11H,4-5,7-8,15H2,(H,16,17);1H. The molecule has 4 nitrogen and oxygen atoms in total. The predicted octanol–water partition coefficient (Wildman–Crippen LogP) is 1.72. The van der Waals surface area contributed by atoms with Crippen LogP contribution in [0.15, 0.2) is 24.3 Å². The molecule has 3 N–H and O–H groups in total. The average molecular weight is 295 g/mol. The van der Waals surface area contributed by atoms with Gasteiger partial charge in [0.05, 0.1) is 0 Å². The van der Waals surface area contributed by atoms with Crippen LogP contribution < -0.4 is 15.8 Å². The summed E-state index contributed by atoms with van der Waals surface area (Å²) < 4.78 is 28.8. The van der Waals surface area contributed by atoms with Crippen LogP contribution in [0.5, 0.6) is 5.75 Å².